The molecule has 0 radical (unpaired) electrons. The minimum atomic E-state index is -3.64. The van der Waals surface area contributed by atoms with Gasteiger partial charge in [0.1, 0.15) is 0 Å². The van der Waals surface area contributed by atoms with Crippen molar-refractivity contribution in [3.63, 3.8) is 0 Å². The number of sulfonamides is 1. The normalized spacial score (nSPS) is 11.5. The second-order valence-corrected chi connectivity index (χ2v) is 5.66. The Morgan fingerprint density at radius 1 is 1.60 bits per heavy atom. The number of terminal acetylenes is 1. The molecule has 1 heterocycles. The molecule has 15 heavy (non-hydrogen) atoms. The lowest BCUT2D eigenvalue weighted by Gasteiger charge is -2.14. The van der Waals surface area contributed by atoms with Crippen molar-refractivity contribution >= 4 is 26.5 Å². The zero-order chi connectivity index (χ0) is 11.5. The number of nitrogens with two attached hydrogens (primary N) is 1. The van der Waals surface area contributed by atoms with Crippen LogP contribution in [-0.4, -0.2) is 36.0 Å². The summed E-state index contributed by atoms with van der Waals surface area (Å²) in [5.41, 5.74) is 5.31. The summed E-state index contributed by atoms with van der Waals surface area (Å²) in [6.07, 6.45) is 5.07. The Labute approximate surface area is 92.2 Å². The number of aromatic nitrogens is 2. The van der Waals surface area contributed by atoms with Crippen LogP contribution in [0.1, 0.15) is 6.92 Å². The molecule has 2 N–H and O–H groups in total. The Morgan fingerprint density at radius 2 is 2.27 bits per heavy atom. The zero-order valence-electron chi connectivity index (χ0n) is 8.04. The SMILES string of the molecule is C#CCN(CC)S(=O)(=O)c1nnc(N)s1. The summed E-state index contributed by atoms with van der Waals surface area (Å²) in [5, 5.41) is 7.05. The van der Waals surface area contributed by atoms with Gasteiger partial charge in [0.25, 0.3) is 10.0 Å². The third-order valence-electron chi connectivity index (χ3n) is 1.60. The van der Waals surface area contributed by atoms with Crippen molar-refractivity contribution in [2.45, 2.75) is 11.3 Å². The first kappa shape index (κ1) is 11.9. The molecule has 0 aliphatic rings. The van der Waals surface area contributed by atoms with E-state index in [9.17, 15) is 8.42 Å². The van der Waals surface area contributed by atoms with Crippen LogP contribution in [-0.2, 0) is 10.0 Å². The van der Waals surface area contributed by atoms with Crippen LogP contribution in [0.25, 0.3) is 0 Å². The van der Waals surface area contributed by atoms with Gasteiger partial charge in [0, 0.05) is 6.54 Å². The topological polar surface area (TPSA) is 89.2 Å². The van der Waals surface area contributed by atoms with Crippen molar-refractivity contribution in [3.8, 4) is 12.3 Å². The molecule has 0 aliphatic heterocycles. The minimum Gasteiger partial charge on any atom is -0.374 e. The minimum absolute atomic E-state index is 0.0122. The second kappa shape index (κ2) is 4.57. The summed E-state index contributed by atoms with van der Waals surface area (Å²) in [6.45, 7) is 1.99. The molecule has 8 heteroatoms. The third-order valence-corrected chi connectivity index (χ3v) is 4.62. The smallest absolute Gasteiger partial charge is 0.273 e. The van der Waals surface area contributed by atoms with E-state index in [4.69, 9.17) is 12.2 Å². The van der Waals surface area contributed by atoms with Crippen LogP contribution < -0.4 is 5.73 Å². The quantitative estimate of drug-likeness (QED) is 0.741. The molecule has 0 unspecified atom stereocenters. The Balaban J connectivity index is 3.07. The number of rotatable bonds is 4. The highest BCUT2D eigenvalue weighted by atomic mass is 32.2. The number of nitrogens with zero attached hydrogens (tertiary/aromatic N) is 3. The van der Waals surface area contributed by atoms with Gasteiger partial charge in [-0.1, -0.05) is 24.2 Å². The van der Waals surface area contributed by atoms with E-state index in [2.05, 4.69) is 16.1 Å². The number of hydrogen-bond donors (Lipinski definition) is 1. The molecule has 0 aromatic carbocycles. The lowest BCUT2D eigenvalue weighted by molar-refractivity contribution is 0.463. The van der Waals surface area contributed by atoms with Crippen LogP contribution in [0.3, 0.4) is 0 Å². The van der Waals surface area contributed by atoms with E-state index >= 15 is 0 Å². The van der Waals surface area contributed by atoms with E-state index in [1.807, 2.05) is 0 Å². The molecule has 0 atom stereocenters. The van der Waals surface area contributed by atoms with Gasteiger partial charge in [-0.2, -0.15) is 4.31 Å². The van der Waals surface area contributed by atoms with Gasteiger partial charge in [-0.3, -0.25) is 0 Å². The molecule has 82 valence electrons. The Kier molecular flexibility index (Phi) is 3.62. The maximum absolute atomic E-state index is 11.8. The molecule has 0 bridgehead atoms. The Bertz CT molecular complexity index is 473. The zero-order valence-corrected chi connectivity index (χ0v) is 9.68. The van der Waals surface area contributed by atoms with E-state index in [0.717, 1.165) is 15.6 Å². The van der Waals surface area contributed by atoms with Crippen molar-refractivity contribution in [3.05, 3.63) is 0 Å². The lowest BCUT2D eigenvalue weighted by Crippen LogP contribution is -2.31. The van der Waals surface area contributed by atoms with Crippen molar-refractivity contribution in [1.29, 1.82) is 0 Å². The molecular weight excluding hydrogens is 236 g/mol. The third kappa shape index (κ3) is 2.44. The summed E-state index contributed by atoms with van der Waals surface area (Å²) < 4.78 is 24.7. The molecule has 1 aromatic heterocycles. The molecule has 6 nitrogen and oxygen atoms in total. The summed E-state index contributed by atoms with van der Waals surface area (Å²) >= 11 is 0.822. The fourth-order valence-corrected chi connectivity index (χ4v) is 3.19. The van der Waals surface area contributed by atoms with Crippen molar-refractivity contribution in [2.75, 3.05) is 18.8 Å². The van der Waals surface area contributed by atoms with Crippen LogP contribution in [0, 0.1) is 12.3 Å². The fourth-order valence-electron chi connectivity index (χ4n) is 0.904. The molecular formula is C7H10N4O2S2. The van der Waals surface area contributed by atoms with Gasteiger partial charge >= 0.3 is 0 Å². The maximum Gasteiger partial charge on any atom is 0.273 e. The Hall–Kier alpha value is -1.17. The first-order valence-electron chi connectivity index (χ1n) is 4.05. The van der Waals surface area contributed by atoms with Crippen molar-refractivity contribution in [1.82, 2.24) is 14.5 Å². The summed E-state index contributed by atoms with van der Waals surface area (Å²) in [6, 6.07) is 0. The van der Waals surface area contributed by atoms with Crippen LogP contribution >= 0.6 is 11.3 Å². The van der Waals surface area contributed by atoms with E-state index in [-0.39, 0.29) is 22.6 Å². The lowest BCUT2D eigenvalue weighted by atomic mass is 10.6. The summed E-state index contributed by atoms with van der Waals surface area (Å²) in [5.74, 6) is 2.27. The summed E-state index contributed by atoms with van der Waals surface area (Å²) in [4.78, 5) is 0. The Morgan fingerprint density at radius 3 is 2.67 bits per heavy atom. The van der Waals surface area contributed by atoms with E-state index in [1.165, 1.54) is 0 Å². The highest BCUT2D eigenvalue weighted by Gasteiger charge is 2.26. The van der Waals surface area contributed by atoms with Gasteiger partial charge < -0.3 is 5.73 Å². The molecule has 1 aromatic rings. The first-order valence-corrected chi connectivity index (χ1v) is 6.30. The average molecular weight is 246 g/mol. The number of hydrogen-bond acceptors (Lipinski definition) is 6. The average Bonchev–Trinajstić information content (AvgIpc) is 2.61. The first-order chi connectivity index (χ1) is 7.02. The molecule has 0 spiro atoms. The highest BCUT2D eigenvalue weighted by molar-refractivity contribution is 7.91. The number of nitrogen functional groups attached to an aromatic ring is 1. The maximum atomic E-state index is 11.8. The predicted octanol–water partition coefficient (Wildman–Crippen LogP) is -0.236. The highest BCUT2D eigenvalue weighted by Crippen LogP contribution is 2.20. The van der Waals surface area contributed by atoms with Gasteiger partial charge in [0.15, 0.2) is 0 Å². The van der Waals surface area contributed by atoms with Crippen molar-refractivity contribution < 1.29 is 8.42 Å². The van der Waals surface area contributed by atoms with Crippen LogP contribution in [0.5, 0.6) is 0 Å². The molecule has 0 saturated carbocycles. The van der Waals surface area contributed by atoms with E-state index in [0.29, 0.717) is 0 Å². The standard InChI is InChI=1S/C7H10N4O2S2/c1-3-5-11(4-2)15(12,13)7-10-9-6(8)14-7/h1H,4-5H2,2H3,(H2,8,9). The van der Waals surface area contributed by atoms with E-state index in [1.54, 1.807) is 6.92 Å². The largest absolute Gasteiger partial charge is 0.374 e. The van der Waals surface area contributed by atoms with Gasteiger partial charge in [-0.25, -0.2) is 8.42 Å². The van der Waals surface area contributed by atoms with Crippen LogP contribution in [0.2, 0.25) is 0 Å². The second-order valence-electron chi connectivity index (χ2n) is 2.54. The predicted molar refractivity (Wildman–Crippen MR) is 57.6 cm³/mol. The molecule has 1 rings (SSSR count). The van der Waals surface area contributed by atoms with Crippen LogP contribution in [0.15, 0.2) is 4.34 Å². The molecule has 0 saturated heterocycles. The van der Waals surface area contributed by atoms with Gasteiger partial charge in [-0.05, 0) is 0 Å². The fraction of sp³-hybridized carbons (Fsp3) is 0.429. The molecule has 0 fully saturated rings. The van der Waals surface area contributed by atoms with Crippen molar-refractivity contribution in [2.24, 2.45) is 0 Å². The van der Waals surface area contributed by atoms with Gasteiger partial charge in [-0.15, -0.1) is 16.6 Å². The molecule has 0 amide bonds. The van der Waals surface area contributed by atoms with E-state index < -0.39 is 10.0 Å². The molecule has 0 aliphatic carbocycles. The monoisotopic (exact) mass is 246 g/mol. The van der Waals surface area contributed by atoms with Crippen LogP contribution in [0.4, 0.5) is 5.13 Å². The van der Waals surface area contributed by atoms with Gasteiger partial charge in [0.2, 0.25) is 9.47 Å². The van der Waals surface area contributed by atoms with Gasteiger partial charge in [0.05, 0.1) is 6.54 Å². The number of anilines is 1. The summed E-state index contributed by atoms with van der Waals surface area (Å²) in [7, 11) is -3.64.